The fourth-order valence-corrected chi connectivity index (χ4v) is 3.56. The van der Waals surface area contributed by atoms with Crippen LogP contribution in [0.2, 0.25) is 0 Å². The zero-order chi connectivity index (χ0) is 18.0. The Balaban J connectivity index is 1.85. The van der Waals surface area contributed by atoms with Crippen LogP contribution in [0.25, 0.3) is 5.69 Å². The summed E-state index contributed by atoms with van der Waals surface area (Å²) in [6.45, 7) is 8.67. The van der Waals surface area contributed by atoms with Gasteiger partial charge in [0.1, 0.15) is 5.82 Å². The zero-order valence-corrected chi connectivity index (χ0v) is 15.8. The van der Waals surface area contributed by atoms with E-state index in [-0.39, 0.29) is 5.91 Å². The van der Waals surface area contributed by atoms with Gasteiger partial charge < -0.3 is 5.32 Å². The highest BCUT2D eigenvalue weighted by Gasteiger charge is 2.18. The number of carbonyl (C=O) groups is 1. The number of hydrogen-bond donors (Lipinski definition) is 1. The lowest BCUT2D eigenvalue weighted by atomic mass is 10.00. The van der Waals surface area contributed by atoms with Crippen molar-refractivity contribution in [1.82, 2.24) is 19.2 Å². The van der Waals surface area contributed by atoms with E-state index in [0.29, 0.717) is 4.77 Å². The van der Waals surface area contributed by atoms with E-state index in [9.17, 15) is 4.79 Å². The molecular formula is C18H25N5OS. The number of nitrogens with one attached hydrogen (secondary N) is 1. The molecule has 1 N–H and O–H groups in total. The third-order valence-corrected chi connectivity index (χ3v) is 5.03. The van der Waals surface area contributed by atoms with Crippen LogP contribution in [-0.2, 0) is 11.5 Å². The van der Waals surface area contributed by atoms with Crippen molar-refractivity contribution >= 4 is 23.8 Å². The minimum atomic E-state index is -0.0903. The normalized spacial score (nSPS) is 16.1. The van der Waals surface area contributed by atoms with Crippen LogP contribution in [0.3, 0.4) is 0 Å². The summed E-state index contributed by atoms with van der Waals surface area (Å²) < 4.78 is 4.52. The van der Waals surface area contributed by atoms with E-state index in [2.05, 4.69) is 22.2 Å². The predicted molar refractivity (Wildman–Crippen MR) is 101 cm³/mol. The summed E-state index contributed by atoms with van der Waals surface area (Å²) in [4.78, 5) is 13.7. The van der Waals surface area contributed by atoms with Gasteiger partial charge in [-0.3, -0.25) is 14.3 Å². The monoisotopic (exact) mass is 359 g/mol. The van der Waals surface area contributed by atoms with Gasteiger partial charge in [0.2, 0.25) is 10.7 Å². The number of rotatable bonds is 4. The molecule has 2 heterocycles. The van der Waals surface area contributed by atoms with E-state index in [4.69, 9.17) is 12.2 Å². The first kappa shape index (κ1) is 17.8. The lowest BCUT2D eigenvalue weighted by Gasteiger charge is -2.29. The molecule has 0 spiro atoms. The molecule has 0 atom stereocenters. The van der Waals surface area contributed by atoms with E-state index in [1.54, 1.807) is 0 Å². The summed E-state index contributed by atoms with van der Waals surface area (Å²) in [7, 11) is 0. The first-order valence-electron chi connectivity index (χ1n) is 8.71. The van der Waals surface area contributed by atoms with Gasteiger partial charge in [-0.15, -0.1) is 0 Å². The van der Waals surface area contributed by atoms with Gasteiger partial charge in [0.25, 0.3) is 0 Å². The molecule has 6 nitrogen and oxygen atoms in total. The van der Waals surface area contributed by atoms with E-state index >= 15 is 0 Å². The van der Waals surface area contributed by atoms with Crippen molar-refractivity contribution in [1.29, 1.82) is 0 Å². The second-order valence-electron chi connectivity index (χ2n) is 6.84. The van der Waals surface area contributed by atoms with Gasteiger partial charge in [-0.2, -0.15) is 5.10 Å². The molecule has 1 aromatic heterocycles. The van der Waals surface area contributed by atoms with E-state index in [1.165, 1.54) is 19.8 Å². The van der Waals surface area contributed by atoms with Crippen molar-refractivity contribution in [3.63, 3.8) is 0 Å². The fraction of sp³-hybridized carbons (Fsp3) is 0.500. The standard InChI is InChI=1S/C18H25N5OS/c1-13-7-9-21(10-8-13)12-22-18(25)23(14(2)20-22)17-6-4-5-16(11-17)19-15(3)24/h4-6,11,13H,7-10,12H2,1-3H3,(H,19,24). The molecule has 0 aliphatic carbocycles. The van der Waals surface area contributed by atoms with E-state index in [1.807, 2.05) is 40.4 Å². The number of nitrogens with zero attached hydrogens (tertiary/aromatic N) is 4. The SMILES string of the molecule is CC(=O)Nc1cccc(-n2c(C)nn(CN3CCC(C)CC3)c2=S)c1. The molecule has 3 rings (SSSR count). The maximum atomic E-state index is 11.3. The van der Waals surface area contributed by atoms with Crippen LogP contribution in [0.15, 0.2) is 24.3 Å². The first-order chi connectivity index (χ1) is 11.9. The van der Waals surface area contributed by atoms with Crippen LogP contribution >= 0.6 is 12.2 Å². The number of likely N-dealkylation sites (tertiary alicyclic amines) is 1. The van der Waals surface area contributed by atoms with Gasteiger partial charge in [-0.05, 0) is 56.1 Å². The molecular weight excluding hydrogens is 334 g/mol. The van der Waals surface area contributed by atoms with Crippen molar-refractivity contribution in [2.24, 2.45) is 5.92 Å². The lowest BCUT2D eigenvalue weighted by molar-refractivity contribution is -0.114. The third kappa shape index (κ3) is 4.16. The maximum absolute atomic E-state index is 11.3. The summed E-state index contributed by atoms with van der Waals surface area (Å²) in [5, 5.41) is 7.45. The van der Waals surface area contributed by atoms with Gasteiger partial charge in [0.05, 0.1) is 12.4 Å². The Hall–Kier alpha value is -1.99. The Labute approximate surface area is 153 Å². The molecule has 0 saturated carbocycles. The van der Waals surface area contributed by atoms with Gasteiger partial charge in [0, 0.05) is 25.7 Å². The first-order valence-corrected chi connectivity index (χ1v) is 9.11. The summed E-state index contributed by atoms with van der Waals surface area (Å²) >= 11 is 5.67. The zero-order valence-electron chi connectivity index (χ0n) is 15.0. The lowest BCUT2D eigenvalue weighted by Crippen LogP contribution is -2.34. The molecule has 1 fully saturated rings. The van der Waals surface area contributed by atoms with Crippen LogP contribution in [0.1, 0.15) is 32.5 Å². The van der Waals surface area contributed by atoms with Crippen molar-refractivity contribution in [3.8, 4) is 5.69 Å². The molecule has 1 aliphatic rings. The van der Waals surface area contributed by atoms with Gasteiger partial charge in [-0.1, -0.05) is 13.0 Å². The topological polar surface area (TPSA) is 55.1 Å². The second-order valence-corrected chi connectivity index (χ2v) is 7.20. The van der Waals surface area contributed by atoms with Crippen molar-refractivity contribution in [2.75, 3.05) is 18.4 Å². The largest absolute Gasteiger partial charge is 0.326 e. The summed E-state index contributed by atoms with van der Waals surface area (Å²) in [5.41, 5.74) is 1.66. The van der Waals surface area contributed by atoms with Crippen molar-refractivity contribution in [2.45, 2.75) is 40.3 Å². The smallest absolute Gasteiger partial charge is 0.221 e. The van der Waals surface area contributed by atoms with Gasteiger partial charge >= 0.3 is 0 Å². The maximum Gasteiger partial charge on any atom is 0.221 e. The van der Waals surface area contributed by atoms with Gasteiger partial charge in [-0.25, -0.2) is 4.68 Å². The number of aryl methyl sites for hydroxylation is 1. The Morgan fingerprint density at radius 1 is 1.36 bits per heavy atom. The van der Waals surface area contributed by atoms with E-state index < -0.39 is 0 Å². The molecule has 25 heavy (non-hydrogen) atoms. The molecule has 1 saturated heterocycles. The summed E-state index contributed by atoms with van der Waals surface area (Å²) in [6.07, 6.45) is 2.46. The Morgan fingerprint density at radius 2 is 2.08 bits per heavy atom. The van der Waals surface area contributed by atoms with Crippen LogP contribution in [0, 0.1) is 17.6 Å². The minimum Gasteiger partial charge on any atom is -0.326 e. The average molecular weight is 359 g/mol. The highest BCUT2D eigenvalue weighted by atomic mass is 32.1. The van der Waals surface area contributed by atoms with Crippen molar-refractivity contribution in [3.05, 3.63) is 34.9 Å². The Kier molecular flexibility index (Phi) is 5.34. The molecule has 7 heteroatoms. The summed E-state index contributed by atoms with van der Waals surface area (Å²) in [5.74, 6) is 1.56. The average Bonchev–Trinajstić information content (AvgIpc) is 2.83. The number of piperidine rings is 1. The number of carbonyl (C=O) groups excluding carboxylic acids is 1. The molecule has 1 aliphatic heterocycles. The van der Waals surface area contributed by atoms with Crippen LogP contribution in [0.4, 0.5) is 5.69 Å². The van der Waals surface area contributed by atoms with Crippen molar-refractivity contribution < 1.29 is 4.79 Å². The van der Waals surface area contributed by atoms with Crippen LogP contribution in [0.5, 0.6) is 0 Å². The highest BCUT2D eigenvalue weighted by molar-refractivity contribution is 7.71. The molecule has 0 bridgehead atoms. The number of benzene rings is 1. The molecule has 0 unspecified atom stereocenters. The highest BCUT2D eigenvalue weighted by Crippen LogP contribution is 2.19. The Bertz CT molecular complexity index is 817. The molecule has 1 aromatic carbocycles. The number of anilines is 1. The second kappa shape index (κ2) is 7.49. The fourth-order valence-electron chi connectivity index (χ4n) is 3.22. The molecule has 1 amide bonds. The number of aromatic nitrogens is 3. The molecule has 134 valence electrons. The quantitative estimate of drug-likeness (QED) is 0.851. The van der Waals surface area contributed by atoms with Gasteiger partial charge in [0.15, 0.2) is 0 Å². The Morgan fingerprint density at radius 3 is 2.76 bits per heavy atom. The third-order valence-electron chi connectivity index (χ3n) is 4.64. The van der Waals surface area contributed by atoms with Crippen LogP contribution in [-0.4, -0.2) is 38.2 Å². The number of hydrogen-bond acceptors (Lipinski definition) is 4. The predicted octanol–water partition coefficient (Wildman–Crippen LogP) is 3.36. The summed E-state index contributed by atoms with van der Waals surface area (Å²) in [6, 6.07) is 7.66. The van der Waals surface area contributed by atoms with E-state index in [0.717, 1.165) is 42.9 Å². The number of amides is 1. The van der Waals surface area contributed by atoms with Crippen LogP contribution < -0.4 is 5.32 Å². The molecule has 2 aromatic rings. The molecule has 0 radical (unpaired) electrons. The minimum absolute atomic E-state index is 0.0903.